The summed E-state index contributed by atoms with van der Waals surface area (Å²) < 4.78 is 39.6. The molecule has 0 spiro atoms. The minimum Gasteiger partial charge on any atom is -1.00 e. The van der Waals surface area contributed by atoms with Crippen LogP contribution in [-0.4, -0.2) is 23.4 Å². The topological polar surface area (TPSA) is 30.9 Å². The van der Waals surface area contributed by atoms with E-state index in [1.165, 1.54) is 27.9 Å². The molecule has 0 saturated heterocycles. The molecule has 2 aromatic carbocycles. The summed E-state index contributed by atoms with van der Waals surface area (Å²) in [6, 6.07) is 15.5. The van der Waals surface area contributed by atoms with Crippen molar-refractivity contribution in [2.45, 2.75) is 59.3 Å². The van der Waals surface area contributed by atoms with Crippen LogP contribution < -0.4 is 9.27 Å². The maximum absolute atomic E-state index is 9.67. The standard InChI is InChI=1S/C22H24N3O.CH4.BF3.FH/c1-3-15-9-7-10-16(4-2)21(15)25-14-24-20(23-25)13-26-19-12-17-8-5-6-11-18(17)22(19)24;;2-1(3)4;/h5-11,14,19,22H,3-4,12-13H2,1-2H3;1H4;;1H/q+1;;;/p-1. The third-order valence-electron chi connectivity index (χ3n) is 5.82. The largest absolute Gasteiger partial charge is 1.00 e. The summed E-state index contributed by atoms with van der Waals surface area (Å²) in [4.78, 5) is 0. The molecule has 32 heavy (non-hydrogen) atoms. The highest BCUT2D eigenvalue weighted by atomic mass is 19.4. The van der Waals surface area contributed by atoms with E-state index in [1.54, 1.807) is 0 Å². The molecule has 0 amide bonds. The lowest BCUT2D eigenvalue weighted by molar-refractivity contribution is -0.739. The zero-order chi connectivity index (χ0) is 21.3. The molecule has 3 aromatic rings. The van der Waals surface area contributed by atoms with E-state index in [0.717, 1.165) is 25.1 Å². The summed E-state index contributed by atoms with van der Waals surface area (Å²) in [5.41, 5.74) is 6.70. The van der Waals surface area contributed by atoms with Crippen LogP contribution in [0, 0.1) is 0 Å². The Morgan fingerprint density at radius 2 is 1.69 bits per heavy atom. The normalized spacial score (nSPS) is 17.5. The van der Waals surface area contributed by atoms with Crippen molar-refractivity contribution in [2.75, 3.05) is 0 Å². The number of nitrogens with zero attached hydrogens (tertiary/aromatic N) is 3. The Morgan fingerprint density at radius 1 is 1.06 bits per heavy atom. The number of halogens is 4. The first kappa shape index (κ1) is 25.6. The van der Waals surface area contributed by atoms with Gasteiger partial charge in [-0.3, -0.25) is 12.9 Å². The van der Waals surface area contributed by atoms with Gasteiger partial charge < -0.3 is 9.44 Å². The molecule has 2 unspecified atom stereocenters. The minimum atomic E-state index is -3.67. The van der Waals surface area contributed by atoms with Crippen molar-refractivity contribution >= 4 is 7.54 Å². The second-order valence-electron chi connectivity index (χ2n) is 7.46. The third-order valence-corrected chi connectivity index (χ3v) is 5.82. The van der Waals surface area contributed by atoms with Crippen molar-refractivity contribution in [3.05, 3.63) is 76.9 Å². The maximum Gasteiger partial charge on any atom is 0.762 e. The predicted octanol–water partition coefficient (Wildman–Crippen LogP) is 1.85. The molecule has 0 bridgehead atoms. The Bertz CT molecular complexity index is 1020. The smallest absolute Gasteiger partial charge is 0.762 e. The Kier molecular flexibility index (Phi) is 8.61. The number of aryl methyl sites for hydroxylation is 2. The van der Waals surface area contributed by atoms with Gasteiger partial charge >= 0.3 is 13.4 Å². The molecule has 1 aliphatic heterocycles. The number of hydrogen-bond donors (Lipinski definition) is 0. The maximum atomic E-state index is 9.67. The van der Waals surface area contributed by atoms with Crippen molar-refractivity contribution in [3.63, 3.8) is 0 Å². The lowest BCUT2D eigenvalue weighted by Gasteiger charge is -2.23. The van der Waals surface area contributed by atoms with Crippen LogP contribution in [0.15, 0.2) is 48.8 Å². The first-order chi connectivity index (χ1) is 14.5. The highest BCUT2D eigenvalue weighted by Gasteiger charge is 2.43. The minimum absolute atomic E-state index is 0. The molecule has 2 atom stereocenters. The van der Waals surface area contributed by atoms with Gasteiger partial charge in [0, 0.05) is 11.5 Å². The van der Waals surface area contributed by atoms with Gasteiger partial charge in [-0.25, -0.2) is 4.57 Å². The van der Waals surface area contributed by atoms with E-state index < -0.39 is 7.54 Å². The van der Waals surface area contributed by atoms with Gasteiger partial charge in [0.05, 0.1) is 0 Å². The second-order valence-corrected chi connectivity index (χ2v) is 7.46. The van der Waals surface area contributed by atoms with Gasteiger partial charge in [0.25, 0.3) is 0 Å². The van der Waals surface area contributed by atoms with E-state index in [2.05, 4.69) is 71.9 Å². The van der Waals surface area contributed by atoms with Crippen LogP contribution in [0.3, 0.4) is 0 Å². The van der Waals surface area contributed by atoms with Crippen LogP contribution in [0.1, 0.15) is 55.4 Å². The molecule has 4 nitrogen and oxygen atoms in total. The van der Waals surface area contributed by atoms with E-state index in [9.17, 15) is 12.9 Å². The molecule has 1 aliphatic carbocycles. The lowest BCUT2D eigenvalue weighted by atomic mass is 10.0. The molecule has 2 aliphatic rings. The zero-order valence-electron chi connectivity index (χ0n) is 17.4. The quantitative estimate of drug-likeness (QED) is 0.347. The zero-order valence-corrected chi connectivity index (χ0v) is 17.4. The van der Waals surface area contributed by atoms with Crippen LogP contribution in [0.25, 0.3) is 5.69 Å². The predicted molar refractivity (Wildman–Crippen MR) is 115 cm³/mol. The number of fused-ring (bicyclic) bond motifs is 5. The molecular weight excluding hydrogens is 421 g/mol. The van der Waals surface area contributed by atoms with E-state index in [0.29, 0.717) is 6.61 Å². The molecule has 1 aromatic heterocycles. The fourth-order valence-electron chi connectivity index (χ4n) is 4.54. The monoisotopic (exact) mass is 449 g/mol. The van der Waals surface area contributed by atoms with E-state index in [4.69, 9.17) is 9.84 Å². The van der Waals surface area contributed by atoms with Crippen molar-refractivity contribution in [3.8, 4) is 5.69 Å². The SMILES string of the molecule is C.CCc1cccc(CC)c1-n1c[n+]2c(n1)COC1Cc3ccccc3C12.FB(F)F.[F-]. The Morgan fingerprint density at radius 3 is 2.31 bits per heavy atom. The van der Waals surface area contributed by atoms with Gasteiger partial charge in [-0.05, 0) is 35.1 Å². The number of ether oxygens (including phenoxy) is 1. The highest BCUT2D eigenvalue weighted by molar-refractivity contribution is 6.33. The molecule has 0 N–H and O–H groups in total. The van der Waals surface area contributed by atoms with Gasteiger partial charge in [0.1, 0.15) is 24.4 Å². The van der Waals surface area contributed by atoms with Crippen molar-refractivity contribution in [1.82, 2.24) is 9.78 Å². The fourth-order valence-corrected chi connectivity index (χ4v) is 4.54. The van der Waals surface area contributed by atoms with Gasteiger partial charge in [-0.2, -0.15) is 0 Å². The van der Waals surface area contributed by atoms with Crippen molar-refractivity contribution in [1.29, 1.82) is 0 Å². The van der Waals surface area contributed by atoms with E-state index >= 15 is 0 Å². The molecule has 5 rings (SSSR count). The van der Waals surface area contributed by atoms with Crippen molar-refractivity contribution in [2.24, 2.45) is 0 Å². The third kappa shape index (κ3) is 4.72. The first-order valence-electron chi connectivity index (χ1n) is 10.3. The number of para-hydroxylation sites is 1. The van der Waals surface area contributed by atoms with Crippen LogP contribution >= 0.6 is 0 Å². The van der Waals surface area contributed by atoms with Gasteiger partial charge in [-0.1, -0.05) is 68.4 Å². The summed E-state index contributed by atoms with van der Waals surface area (Å²) in [5.74, 6) is 1.01. The molecule has 0 fully saturated rings. The Labute approximate surface area is 186 Å². The van der Waals surface area contributed by atoms with Crippen LogP contribution in [0.2, 0.25) is 0 Å². The number of rotatable bonds is 3. The first-order valence-corrected chi connectivity index (χ1v) is 10.3. The number of benzene rings is 2. The molecular formula is C23H28BF4N3O. The summed E-state index contributed by atoms with van der Waals surface area (Å²) in [7, 11) is -3.67. The molecule has 9 heteroatoms. The summed E-state index contributed by atoms with van der Waals surface area (Å²) in [5, 5.41) is 4.93. The van der Waals surface area contributed by atoms with Crippen LogP contribution in [-0.2, 0) is 30.6 Å². The molecule has 0 radical (unpaired) electrons. The number of aromatic nitrogens is 3. The Balaban J connectivity index is 0.000000562. The average Bonchev–Trinajstić information content (AvgIpc) is 3.33. The summed E-state index contributed by atoms with van der Waals surface area (Å²) >= 11 is 0. The van der Waals surface area contributed by atoms with Crippen molar-refractivity contribution < 1.29 is 27.0 Å². The van der Waals surface area contributed by atoms with E-state index in [-0.39, 0.29) is 24.3 Å². The van der Waals surface area contributed by atoms with Crippen LogP contribution in [0.4, 0.5) is 12.9 Å². The Hall–Kier alpha value is -2.68. The average molecular weight is 449 g/mol. The van der Waals surface area contributed by atoms with Gasteiger partial charge in [-0.15, -0.1) is 0 Å². The van der Waals surface area contributed by atoms with Crippen LogP contribution in [0.5, 0.6) is 0 Å². The molecule has 0 saturated carbocycles. The molecule has 172 valence electrons. The summed E-state index contributed by atoms with van der Waals surface area (Å²) in [6.45, 7) is 5.00. The lowest BCUT2D eigenvalue weighted by Crippen LogP contribution is -3.00. The van der Waals surface area contributed by atoms with E-state index in [1.807, 2.05) is 0 Å². The van der Waals surface area contributed by atoms with Gasteiger partial charge in [0.15, 0.2) is 0 Å². The second kappa shape index (κ2) is 10.8. The number of hydrogen-bond acceptors (Lipinski definition) is 2. The molecule has 2 heterocycles. The fraction of sp³-hybridized carbons (Fsp3) is 0.391. The summed E-state index contributed by atoms with van der Waals surface area (Å²) in [6.07, 6.45) is 5.40. The highest BCUT2D eigenvalue weighted by Crippen LogP contribution is 2.35. The van der Waals surface area contributed by atoms with Gasteiger partial charge in [0.2, 0.25) is 6.33 Å².